The van der Waals surface area contributed by atoms with Crippen LogP contribution in [0.1, 0.15) is 23.6 Å². The van der Waals surface area contributed by atoms with Gasteiger partial charge in [-0.2, -0.15) is 0 Å². The summed E-state index contributed by atoms with van der Waals surface area (Å²) in [6, 6.07) is 4.13. The van der Waals surface area contributed by atoms with Crippen LogP contribution in [0.2, 0.25) is 0 Å². The Labute approximate surface area is 101 Å². The molecule has 2 heterocycles. The Morgan fingerprint density at radius 2 is 2.12 bits per heavy atom. The molecule has 5 heteroatoms. The molecular formula is C11H17NO2S2. The predicted octanol–water partition coefficient (Wildman–Crippen LogP) is 1.62. The van der Waals surface area contributed by atoms with Gasteiger partial charge in [-0.05, 0) is 30.2 Å². The maximum absolute atomic E-state index is 11.4. The lowest BCUT2D eigenvalue weighted by atomic mass is 9.86. The fourth-order valence-corrected chi connectivity index (χ4v) is 4.82. The third-order valence-corrected chi connectivity index (χ3v) is 6.05. The number of nitrogens with two attached hydrogens (primary N) is 1. The predicted molar refractivity (Wildman–Crippen MR) is 67.5 cm³/mol. The van der Waals surface area contributed by atoms with Crippen LogP contribution in [-0.2, 0) is 9.84 Å². The van der Waals surface area contributed by atoms with Gasteiger partial charge >= 0.3 is 0 Å². The molecule has 0 spiro atoms. The molecule has 1 aromatic rings. The summed E-state index contributed by atoms with van der Waals surface area (Å²) in [6.45, 7) is 0.616. The summed E-state index contributed by atoms with van der Waals surface area (Å²) >= 11 is 1.72. The minimum absolute atomic E-state index is 0.333. The smallest absolute Gasteiger partial charge is 0.150 e. The summed E-state index contributed by atoms with van der Waals surface area (Å²) in [5, 5.41) is 2.05. The van der Waals surface area contributed by atoms with Crippen LogP contribution in [0.15, 0.2) is 17.5 Å². The Hall–Kier alpha value is -0.390. The highest BCUT2D eigenvalue weighted by Gasteiger charge is 2.30. The Kier molecular flexibility index (Phi) is 3.66. The molecule has 3 nitrogen and oxygen atoms in total. The van der Waals surface area contributed by atoms with E-state index in [2.05, 4.69) is 11.4 Å². The van der Waals surface area contributed by atoms with E-state index in [9.17, 15) is 8.42 Å². The van der Waals surface area contributed by atoms with Gasteiger partial charge in [-0.15, -0.1) is 11.3 Å². The first-order valence-corrected chi connectivity index (χ1v) is 8.26. The molecule has 16 heavy (non-hydrogen) atoms. The average molecular weight is 259 g/mol. The normalized spacial score (nSPS) is 23.1. The largest absolute Gasteiger partial charge is 0.330 e. The van der Waals surface area contributed by atoms with Crippen molar-refractivity contribution < 1.29 is 8.42 Å². The van der Waals surface area contributed by atoms with Gasteiger partial charge in [0.1, 0.15) is 9.84 Å². The van der Waals surface area contributed by atoms with Gasteiger partial charge in [0.15, 0.2) is 0 Å². The van der Waals surface area contributed by atoms with Crippen LogP contribution < -0.4 is 5.73 Å². The minimum Gasteiger partial charge on any atom is -0.330 e. The molecule has 0 aromatic carbocycles. The number of rotatable bonds is 3. The van der Waals surface area contributed by atoms with E-state index in [-0.39, 0.29) is 0 Å². The zero-order valence-corrected chi connectivity index (χ0v) is 10.8. The SMILES string of the molecule is NCC(c1cccs1)C1CCS(=O)(=O)CC1. The van der Waals surface area contributed by atoms with Crippen LogP contribution >= 0.6 is 11.3 Å². The molecule has 0 bridgehead atoms. The molecule has 0 aliphatic carbocycles. The summed E-state index contributed by atoms with van der Waals surface area (Å²) in [5.74, 6) is 1.45. The van der Waals surface area contributed by atoms with Crippen LogP contribution in [0.5, 0.6) is 0 Å². The van der Waals surface area contributed by atoms with Gasteiger partial charge in [0.05, 0.1) is 11.5 Å². The highest BCUT2D eigenvalue weighted by Crippen LogP contribution is 2.34. The number of sulfone groups is 1. The van der Waals surface area contributed by atoms with Crippen LogP contribution in [0, 0.1) is 5.92 Å². The van der Waals surface area contributed by atoms with E-state index in [1.54, 1.807) is 11.3 Å². The Balaban J connectivity index is 2.07. The maximum Gasteiger partial charge on any atom is 0.150 e. The van der Waals surface area contributed by atoms with E-state index in [1.165, 1.54) is 4.88 Å². The van der Waals surface area contributed by atoms with Gasteiger partial charge in [0, 0.05) is 17.3 Å². The molecule has 90 valence electrons. The third kappa shape index (κ3) is 2.64. The zero-order chi connectivity index (χ0) is 11.6. The second-order valence-electron chi connectivity index (χ2n) is 4.35. The Morgan fingerprint density at radius 1 is 1.44 bits per heavy atom. The van der Waals surface area contributed by atoms with Crippen LogP contribution in [0.25, 0.3) is 0 Å². The summed E-state index contributed by atoms with van der Waals surface area (Å²) < 4.78 is 22.7. The molecular weight excluding hydrogens is 242 g/mol. The number of hydrogen-bond donors (Lipinski definition) is 1. The number of thiophene rings is 1. The maximum atomic E-state index is 11.4. The molecule has 1 atom stereocenters. The molecule has 1 unspecified atom stereocenters. The Bertz CT molecular complexity index is 411. The molecule has 2 rings (SSSR count). The Morgan fingerprint density at radius 3 is 2.62 bits per heavy atom. The first-order valence-electron chi connectivity index (χ1n) is 5.56. The highest BCUT2D eigenvalue weighted by molar-refractivity contribution is 7.91. The zero-order valence-electron chi connectivity index (χ0n) is 9.13. The minimum atomic E-state index is -2.76. The second kappa shape index (κ2) is 4.85. The van der Waals surface area contributed by atoms with Gasteiger partial charge in [-0.1, -0.05) is 6.07 Å². The molecule has 0 radical (unpaired) electrons. The summed E-state index contributed by atoms with van der Waals surface area (Å²) in [5.41, 5.74) is 5.82. The van der Waals surface area contributed by atoms with Crippen molar-refractivity contribution in [2.75, 3.05) is 18.1 Å². The molecule has 0 amide bonds. The van der Waals surface area contributed by atoms with Crippen molar-refractivity contribution >= 4 is 21.2 Å². The van der Waals surface area contributed by atoms with Gasteiger partial charge in [-0.25, -0.2) is 8.42 Å². The van der Waals surface area contributed by atoms with Gasteiger partial charge in [-0.3, -0.25) is 0 Å². The molecule has 2 N–H and O–H groups in total. The quantitative estimate of drug-likeness (QED) is 0.897. The van der Waals surface area contributed by atoms with E-state index < -0.39 is 9.84 Å². The van der Waals surface area contributed by atoms with Gasteiger partial charge < -0.3 is 5.73 Å². The lowest BCUT2D eigenvalue weighted by Gasteiger charge is -2.28. The standard InChI is InChI=1S/C11H17NO2S2/c12-8-10(11-2-1-5-15-11)9-3-6-16(13,14)7-4-9/h1-2,5,9-10H,3-4,6-8,12H2. The molecule has 1 aliphatic rings. The monoisotopic (exact) mass is 259 g/mol. The molecule has 0 saturated carbocycles. The summed E-state index contributed by atoms with van der Waals surface area (Å²) in [4.78, 5) is 1.30. The van der Waals surface area contributed by atoms with E-state index >= 15 is 0 Å². The third-order valence-electron chi connectivity index (χ3n) is 3.33. The van der Waals surface area contributed by atoms with Crippen molar-refractivity contribution in [2.45, 2.75) is 18.8 Å². The van der Waals surface area contributed by atoms with E-state index in [1.807, 2.05) is 6.07 Å². The lowest BCUT2D eigenvalue weighted by Crippen LogP contribution is -2.30. The molecule has 1 saturated heterocycles. The molecule has 1 fully saturated rings. The van der Waals surface area contributed by atoms with Crippen molar-refractivity contribution in [1.82, 2.24) is 0 Å². The van der Waals surface area contributed by atoms with Crippen molar-refractivity contribution in [3.63, 3.8) is 0 Å². The van der Waals surface area contributed by atoms with Crippen LogP contribution in [-0.4, -0.2) is 26.5 Å². The van der Waals surface area contributed by atoms with Gasteiger partial charge in [0.25, 0.3) is 0 Å². The van der Waals surface area contributed by atoms with Crippen molar-refractivity contribution in [3.05, 3.63) is 22.4 Å². The first-order chi connectivity index (χ1) is 7.62. The molecule has 1 aromatic heterocycles. The fourth-order valence-electron chi connectivity index (χ4n) is 2.35. The lowest BCUT2D eigenvalue weighted by molar-refractivity contribution is 0.393. The second-order valence-corrected chi connectivity index (χ2v) is 7.63. The van der Waals surface area contributed by atoms with Crippen molar-refractivity contribution in [2.24, 2.45) is 11.7 Å². The van der Waals surface area contributed by atoms with E-state index in [4.69, 9.17) is 5.73 Å². The van der Waals surface area contributed by atoms with E-state index in [0.29, 0.717) is 29.9 Å². The van der Waals surface area contributed by atoms with Crippen LogP contribution in [0.4, 0.5) is 0 Å². The number of hydrogen-bond acceptors (Lipinski definition) is 4. The van der Waals surface area contributed by atoms with E-state index in [0.717, 1.165) is 12.8 Å². The highest BCUT2D eigenvalue weighted by atomic mass is 32.2. The fraction of sp³-hybridized carbons (Fsp3) is 0.636. The van der Waals surface area contributed by atoms with Crippen LogP contribution in [0.3, 0.4) is 0 Å². The first kappa shape index (κ1) is 12.1. The average Bonchev–Trinajstić information content (AvgIpc) is 2.75. The summed E-state index contributed by atoms with van der Waals surface area (Å²) in [7, 11) is -2.76. The summed E-state index contributed by atoms with van der Waals surface area (Å²) in [6.07, 6.45) is 1.53. The topological polar surface area (TPSA) is 60.2 Å². The molecule has 1 aliphatic heterocycles. The van der Waals surface area contributed by atoms with Crippen molar-refractivity contribution in [3.8, 4) is 0 Å². The van der Waals surface area contributed by atoms with Crippen molar-refractivity contribution in [1.29, 1.82) is 0 Å². The van der Waals surface area contributed by atoms with Gasteiger partial charge in [0.2, 0.25) is 0 Å².